The number of benzene rings is 1. The lowest BCUT2D eigenvalue weighted by Crippen LogP contribution is -2.35. The predicted octanol–water partition coefficient (Wildman–Crippen LogP) is 3.05. The van der Waals surface area contributed by atoms with Gasteiger partial charge in [0.1, 0.15) is 5.82 Å². The Balaban J connectivity index is 0.00000192. The van der Waals surface area contributed by atoms with E-state index in [-0.39, 0.29) is 24.2 Å². The predicted molar refractivity (Wildman–Crippen MR) is 96.9 cm³/mol. The quantitative estimate of drug-likeness (QED) is 0.831. The Labute approximate surface area is 150 Å². The van der Waals surface area contributed by atoms with Crippen LogP contribution in [0.4, 0.5) is 5.82 Å². The smallest absolute Gasteiger partial charge is 0.228 e. The van der Waals surface area contributed by atoms with Crippen LogP contribution < -0.4 is 10.6 Å². The van der Waals surface area contributed by atoms with Crippen molar-refractivity contribution in [3.05, 3.63) is 46.6 Å². The fourth-order valence-electron chi connectivity index (χ4n) is 2.64. The molecule has 2 heterocycles. The molecule has 7 heteroatoms. The van der Waals surface area contributed by atoms with Crippen LogP contribution in [0.25, 0.3) is 0 Å². The number of piperidine rings is 1. The fourth-order valence-corrected chi connectivity index (χ4v) is 2.90. The number of halogens is 2. The number of anilines is 1. The van der Waals surface area contributed by atoms with Gasteiger partial charge in [0.25, 0.3) is 0 Å². The molecule has 1 aliphatic rings. The SMILES string of the molecule is Cl.O=C(Nc1ccnn1Cc1ccc(Br)cc1)C1CCNCC1. The molecular formula is C16H20BrClN4O. The lowest BCUT2D eigenvalue weighted by atomic mass is 9.97. The van der Waals surface area contributed by atoms with Crippen LogP contribution in [0.3, 0.4) is 0 Å². The highest BCUT2D eigenvalue weighted by molar-refractivity contribution is 9.10. The molecule has 1 amide bonds. The molecule has 0 saturated carbocycles. The molecule has 1 aromatic carbocycles. The maximum atomic E-state index is 12.3. The Morgan fingerprint density at radius 3 is 2.65 bits per heavy atom. The molecule has 0 spiro atoms. The third-order valence-corrected chi connectivity index (χ3v) is 4.45. The van der Waals surface area contributed by atoms with Gasteiger partial charge in [-0.3, -0.25) is 4.79 Å². The van der Waals surface area contributed by atoms with Crippen LogP contribution >= 0.6 is 28.3 Å². The highest BCUT2D eigenvalue weighted by atomic mass is 79.9. The summed E-state index contributed by atoms with van der Waals surface area (Å²) < 4.78 is 2.87. The van der Waals surface area contributed by atoms with Gasteiger partial charge in [0.15, 0.2) is 0 Å². The summed E-state index contributed by atoms with van der Waals surface area (Å²) in [5.74, 6) is 0.947. The first-order valence-corrected chi connectivity index (χ1v) is 8.29. The van der Waals surface area contributed by atoms with E-state index in [1.54, 1.807) is 6.20 Å². The van der Waals surface area contributed by atoms with Crippen molar-refractivity contribution in [2.45, 2.75) is 19.4 Å². The van der Waals surface area contributed by atoms with E-state index >= 15 is 0 Å². The first-order chi connectivity index (χ1) is 10.7. The van der Waals surface area contributed by atoms with Crippen molar-refractivity contribution in [1.29, 1.82) is 0 Å². The first kappa shape index (κ1) is 18.0. The van der Waals surface area contributed by atoms with Crippen LogP contribution in [0.2, 0.25) is 0 Å². The third kappa shape index (κ3) is 4.80. The molecule has 0 atom stereocenters. The van der Waals surface area contributed by atoms with Crippen molar-refractivity contribution in [2.24, 2.45) is 5.92 Å². The lowest BCUT2D eigenvalue weighted by Gasteiger charge is -2.21. The molecule has 1 fully saturated rings. The zero-order chi connectivity index (χ0) is 15.4. The van der Waals surface area contributed by atoms with Gasteiger partial charge in [-0.1, -0.05) is 28.1 Å². The van der Waals surface area contributed by atoms with E-state index in [0.717, 1.165) is 41.8 Å². The van der Waals surface area contributed by atoms with Crippen LogP contribution in [-0.2, 0) is 11.3 Å². The molecule has 2 aromatic rings. The zero-order valence-electron chi connectivity index (χ0n) is 12.7. The lowest BCUT2D eigenvalue weighted by molar-refractivity contribution is -0.120. The topological polar surface area (TPSA) is 59.0 Å². The summed E-state index contributed by atoms with van der Waals surface area (Å²) >= 11 is 3.43. The summed E-state index contributed by atoms with van der Waals surface area (Å²) in [5, 5.41) is 10.6. The summed E-state index contributed by atoms with van der Waals surface area (Å²) in [7, 11) is 0. The number of carbonyl (C=O) groups is 1. The van der Waals surface area contributed by atoms with E-state index in [4.69, 9.17) is 0 Å². The summed E-state index contributed by atoms with van der Waals surface area (Å²) in [6.45, 7) is 2.47. The van der Waals surface area contributed by atoms with Crippen molar-refractivity contribution < 1.29 is 4.79 Å². The molecule has 3 rings (SSSR count). The Kier molecular flexibility index (Phi) is 6.62. The van der Waals surface area contributed by atoms with Crippen LogP contribution in [0.15, 0.2) is 41.0 Å². The van der Waals surface area contributed by atoms with Gasteiger partial charge < -0.3 is 10.6 Å². The number of amides is 1. The van der Waals surface area contributed by atoms with E-state index in [0.29, 0.717) is 6.54 Å². The average Bonchev–Trinajstić information content (AvgIpc) is 2.97. The molecular weight excluding hydrogens is 380 g/mol. The molecule has 0 bridgehead atoms. The monoisotopic (exact) mass is 398 g/mol. The molecule has 0 aliphatic carbocycles. The minimum Gasteiger partial charge on any atom is -0.317 e. The third-order valence-electron chi connectivity index (χ3n) is 3.92. The Morgan fingerprint density at radius 2 is 1.96 bits per heavy atom. The number of aromatic nitrogens is 2. The Morgan fingerprint density at radius 1 is 1.26 bits per heavy atom. The van der Waals surface area contributed by atoms with Crippen LogP contribution in [-0.4, -0.2) is 28.8 Å². The van der Waals surface area contributed by atoms with E-state index in [9.17, 15) is 4.79 Å². The van der Waals surface area contributed by atoms with Gasteiger partial charge in [-0.15, -0.1) is 12.4 Å². The van der Waals surface area contributed by atoms with E-state index in [2.05, 4.69) is 31.7 Å². The normalized spacial score (nSPS) is 15.0. The second kappa shape index (κ2) is 8.47. The van der Waals surface area contributed by atoms with Crippen molar-refractivity contribution in [2.75, 3.05) is 18.4 Å². The van der Waals surface area contributed by atoms with Crippen molar-refractivity contribution >= 4 is 40.1 Å². The summed E-state index contributed by atoms with van der Waals surface area (Å²) in [4.78, 5) is 12.3. The first-order valence-electron chi connectivity index (χ1n) is 7.50. The molecule has 0 radical (unpaired) electrons. The maximum Gasteiger partial charge on any atom is 0.228 e. The number of hydrogen-bond acceptors (Lipinski definition) is 3. The van der Waals surface area contributed by atoms with Gasteiger partial charge in [-0.25, -0.2) is 4.68 Å². The summed E-state index contributed by atoms with van der Waals surface area (Å²) in [6.07, 6.45) is 3.51. The molecule has 1 saturated heterocycles. The van der Waals surface area contributed by atoms with Crippen molar-refractivity contribution in [3.8, 4) is 0 Å². The summed E-state index contributed by atoms with van der Waals surface area (Å²) in [5.41, 5.74) is 1.14. The Hall–Kier alpha value is -1.37. The standard InChI is InChI=1S/C16H19BrN4O.ClH/c17-14-3-1-12(2-4-14)11-21-15(7-10-19-21)20-16(22)13-5-8-18-9-6-13;/h1-4,7,10,13,18H,5-6,8-9,11H2,(H,20,22);1H. The number of nitrogens with zero attached hydrogens (tertiary/aromatic N) is 2. The minimum atomic E-state index is 0. The summed E-state index contributed by atoms with van der Waals surface area (Å²) in [6, 6.07) is 9.95. The van der Waals surface area contributed by atoms with Gasteiger partial charge in [0.05, 0.1) is 12.7 Å². The minimum absolute atomic E-state index is 0. The van der Waals surface area contributed by atoms with Crippen molar-refractivity contribution in [1.82, 2.24) is 15.1 Å². The second-order valence-corrected chi connectivity index (χ2v) is 6.43. The number of nitrogens with one attached hydrogen (secondary N) is 2. The molecule has 1 aliphatic heterocycles. The molecule has 2 N–H and O–H groups in total. The Bertz CT molecular complexity index is 638. The largest absolute Gasteiger partial charge is 0.317 e. The fraction of sp³-hybridized carbons (Fsp3) is 0.375. The number of rotatable bonds is 4. The van der Waals surface area contributed by atoms with Gasteiger partial charge in [0, 0.05) is 16.5 Å². The average molecular weight is 400 g/mol. The molecule has 23 heavy (non-hydrogen) atoms. The number of carbonyl (C=O) groups excluding carboxylic acids is 1. The van der Waals surface area contributed by atoms with Crippen LogP contribution in [0.5, 0.6) is 0 Å². The van der Waals surface area contributed by atoms with E-state index in [1.807, 2.05) is 35.0 Å². The molecule has 1 aromatic heterocycles. The van der Waals surface area contributed by atoms with E-state index < -0.39 is 0 Å². The highest BCUT2D eigenvalue weighted by Crippen LogP contribution is 2.17. The van der Waals surface area contributed by atoms with Gasteiger partial charge in [0.2, 0.25) is 5.91 Å². The van der Waals surface area contributed by atoms with Gasteiger partial charge in [-0.2, -0.15) is 5.10 Å². The van der Waals surface area contributed by atoms with Gasteiger partial charge >= 0.3 is 0 Å². The highest BCUT2D eigenvalue weighted by Gasteiger charge is 2.21. The molecule has 124 valence electrons. The zero-order valence-corrected chi connectivity index (χ0v) is 15.1. The van der Waals surface area contributed by atoms with Crippen LogP contribution in [0, 0.1) is 5.92 Å². The van der Waals surface area contributed by atoms with Crippen LogP contribution in [0.1, 0.15) is 18.4 Å². The van der Waals surface area contributed by atoms with E-state index in [1.165, 1.54) is 0 Å². The number of hydrogen-bond donors (Lipinski definition) is 2. The van der Waals surface area contributed by atoms with Gasteiger partial charge in [-0.05, 0) is 43.6 Å². The van der Waals surface area contributed by atoms with Crippen molar-refractivity contribution in [3.63, 3.8) is 0 Å². The second-order valence-electron chi connectivity index (χ2n) is 5.51. The molecule has 0 unspecified atom stereocenters. The molecule has 5 nitrogen and oxygen atoms in total. The maximum absolute atomic E-state index is 12.3.